The standard InChI is InChI=1S/C11H14N6OS/c1-8-10(19-15-13-8)11(18)16-5-2-9(3-6-16)17-7-4-12-14-17/h4,7,9H,2-3,5-6H2,1H3. The minimum Gasteiger partial charge on any atom is -0.338 e. The number of aromatic nitrogens is 5. The highest BCUT2D eigenvalue weighted by molar-refractivity contribution is 7.07. The summed E-state index contributed by atoms with van der Waals surface area (Å²) >= 11 is 1.17. The Kier molecular flexibility index (Phi) is 3.24. The highest BCUT2D eigenvalue weighted by Gasteiger charge is 2.26. The summed E-state index contributed by atoms with van der Waals surface area (Å²) in [5, 5.41) is 11.7. The fourth-order valence-electron chi connectivity index (χ4n) is 2.32. The minimum atomic E-state index is 0.0459. The van der Waals surface area contributed by atoms with Gasteiger partial charge in [-0.2, -0.15) is 0 Å². The first kappa shape index (κ1) is 12.2. The smallest absolute Gasteiger partial charge is 0.267 e. The molecule has 0 unspecified atom stereocenters. The minimum absolute atomic E-state index is 0.0459. The number of nitrogens with zero attached hydrogens (tertiary/aromatic N) is 6. The molecule has 1 aliphatic rings. The maximum Gasteiger partial charge on any atom is 0.267 e. The Balaban J connectivity index is 1.64. The first-order valence-electron chi connectivity index (χ1n) is 6.19. The highest BCUT2D eigenvalue weighted by Crippen LogP contribution is 2.23. The average molecular weight is 278 g/mol. The molecule has 2 aromatic heterocycles. The number of amides is 1. The first-order valence-corrected chi connectivity index (χ1v) is 6.97. The zero-order valence-electron chi connectivity index (χ0n) is 10.6. The molecule has 0 radical (unpaired) electrons. The molecule has 100 valence electrons. The van der Waals surface area contributed by atoms with Gasteiger partial charge in [-0.15, -0.1) is 10.2 Å². The van der Waals surface area contributed by atoms with E-state index in [2.05, 4.69) is 19.9 Å². The average Bonchev–Trinajstić information content (AvgIpc) is 3.09. The van der Waals surface area contributed by atoms with Crippen molar-refractivity contribution in [3.63, 3.8) is 0 Å². The lowest BCUT2D eigenvalue weighted by atomic mass is 10.1. The number of hydrogen-bond donors (Lipinski definition) is 0. The van der Waals surface area contributed by atoms with E-state index in [1.165, 1.54) is 11.5 Å². The number of carbonyl (C=O) groups is 1. The Labute approximate surface area is 114 Å². The summed E-state index contributed by atoms with van der Waals surface area (Å²) < 4.78 is 5.69. The van der Waals surface area contributed by atoms with Gasteiger partial charge in [-0.25, -0.2) is 4.68 Å². The molecule has 0 atom stereocenters. The molecule has 0 saturated carbocycles. The molecule has 8 heteroatoms. The third kappa shape index (κ3) is 2.35. The molecular weight excluding hydrogens is 264 g/mol. The predicted molar refractivity (Wildman–Crippen MR) is 68.8 cm³/mol. The van der Waals surface area contributed by atoms with Crippen LogP contribution in [0.5, 0.6) is 0 Å². The lowest BCUT2D eigenvalue weighted by Gasteiger charge is -2.31. The number of carbonyl (C=O) groups excluding carboxylic acids is 1. The fraction of sp³-hybridized carbons (Fsp3) is 0.545. The van der Waals surface area contributed by atoms with Crippen LogP contribution in [0.3, 0.4) is 0 Å². The number of piperidine rings is 1. The molecule has 19 heavy (non-hydrogen) atoms. The van der Waals surface area contributed by atoms with Gasteiger partial charge in [-0.1, -0.05) is 9.70 Å². The van der Waals surface area contributed by atoms with Crippen molar-refractivity contribution < 1.29 is 4.79 Å². The van der Waals surface area contributed by atoms with Crippen molar-refractivity contribution in [2.45, 2.75) is 25.8 Å². The van der Waals surface area contributed by atoms with E-state index in [0.717, 1.165) is 25.9 Å². The molecule has 0 N–H and O–H groups in total. The third-order valence-corrected chi connectivity index (χ3v) is 4.23. The largest absolute Gasteiger partial charge is 0.338 e. The summed E-state index contributed by atoms with van der Waals surface area (Å²) in [4.78, 5) is 14.8. The van der Waals surface area contributed by atoms with E-state index < -0.39 is 0 Å². The summed E-state index contributed by atoms with van der Waals surface area (Å²) in [6.45, 7) is 3.29. The summed E-state index contributed by atoms with van der Waals surface area (Å²) in [6, 6.07) is 0.340. The van der Waals surface area contributed by atoms with Crippen molar-refractivity contribution in [2.75, 3.05) is 13.1 Å². The van der Waals surface area contributed by atoms with Crippen LogP contribution in [0, 0.1) is 6.92 Å². The topological polar surface area (TPSA) is 76.8 Å². The number of likely N-dealkylation sites (tertiary alicyclic amines) is 1. The van der Waals surface area contributed by atoms with Crippen LogP contribution in [0.1, 0.15) is 34.2 Å². The summed E-state index contributed by atoms with van der Waals surface area (Å²) in [5.74, 6) is 0.0459. The summed E-state index contributed by atoms with van der Waals surface area (Å²) in [6.07, 6.45) is 5.37. The lowest BCUT2D eigenvalue weighted by Crippen LogP contribution is -2.39. The Morgan fingerprint density at radius 3 is 2.79 bits per heavy atom. The van der Waals surface area contributed by atoms with Crippen molar-refractivity contribution in [1.29, 1.82) is 0 Å². The monoisotopic (exact) mass is 278 g/mol. The molecule has 1 saturated heterocycles. The van der Waals surface area contributed by atoms with Crippen LogP contribution in [-0.2, 0) is 0 Å². The maximum absolute atomic E-state index is 12.3. The van der Waals surface area contributed by atoms with E-state index in [1.54, 1.807) is 6.20 Å². The fourth-order valence-corrected chi connectivity index (χ4v) is 2.94. The Hall–Kier alpha value is -1.83. The molecule has 0 spiro atoms. The summed E-state index contributed by atoms with van der Waals surface area (Å²) in [5.41, 5.74) is 0.716. The number of hydrogen-bond acceptors (Lipinski definition) is 6. The first-order chi connectivity index (χ1) is 9.25. The quantitative estimate of drug-likeness (QED) is 0.816. The lowest BCUT2D eigenvalue weighted by molar-refractivity contribution is 0.0693. The molecule has 1 aliphatic heterocycles. The van der Waals surface area contributed by atoms with Crippen molar-refractivity contribution in [2.24, 2.45) is 0 Å². The molecule has 1 amide bonds. The van der Waals surface area contributed by atoms with Crippen LogP contribution < -0.4 is 0 Å². The summed E-state index contributed by atoms with van der Waals surface area (Å²) in [7, 11) is 0. The van der Waals surface area contributed by atoms with Crippen LogP contribution >= 0.6 is 11.5 Å². The Bertz CT molecular complexity index is 558. The third-order valence-electron chi connectivity index (χ3n) is 3.41. The zero-order chi connectivity index (χ0) is 13.2. The van der Waals surface area contributed by atoms with Gasteiger partial charge in [0.15, 0.2) is 0 Å². The second kappa shape index (κ2) is 5.04. The van der Waals surface area contributed by atoms with E-state index in [-0.39, 0.29) is 5.91 Å². The van der Waals surface area contributed by atoms with E-state index in [0.29, 0.717) is 16.6 Å². The second-order valence-corrected chi connectivity index (χ2v) is 5.35. The van der Waals surface area contributed by atoms with Crippen LogP contribution in [0.15, 0.2) is 12.4 Å². The van der Waals surface area contributed by atoms with Crippen molar-refractivity contribution >= 4 is 17.4 Å². The normalized spacial score (nSPS) is 16.8. The van der Waals surface area contributed by atoms with Gasteiger partial charge >= 0.3 is 0 Å². The molecule has 3 rings (SSSR count). The highest BCUT2D eigenvalue weighted by atomic mass is 32.1. The molecule has 7 nitrogen and oxygen atoms in total. The van der Waals surface area contributed by atoms with E-state index in [4.69, 9.17) is 0 Å². The number of aryl methyl sites for hydroxylation is 1. The van der Waals surface area contributed by atoms with Crippen molar-refractivity contribution in [3.8, 4) is 0 Å². The van der Waals surface area contributed by atoms with Gasteiger partial charge in [0, 0.05) is 19.3 Å². The van der Waals surface area contributed by atoms with Gasteiger partial charge in [-0.05, 0) is 31.3 Å². The van der Waals surface area contributed by atoms with E-state index >= 15 is 0 Å². The SMILES string of the molecule is Cc1nnsc1C(=O)N1CCC(n2ccnn2)CC1. The van der Waals surface area contributed by atoms with Crippen LogP contribution in [0.25, 0.3) is 0 Å². The van der Waals surface area contributed by atoms with Crippen LogP contribution in [0.4, 0.5) is 0 Å². The molecule has 0 aromatic carbocycles. The maximum atomic E-state index is 12.3. The molecule has 1 fully saturated rings. The molecule has 3 heterocycles. The molecular formula is C11H14N6OS. The van der Waals surface area contributed by atoms with Crippen LogP contribution in [-0.4, -0.2) is 48.5 Å². The Morgan fingerprint density at radius 1 is 1.42 bits per heavy atom. The predicted octanol–water partition coefficient (Wildman–Crippen LogP) is 0.915. The van der Waals surface area contributed by atoms with Crippen LogP contribution in [0.2, 0.25) is 0 Å². The van der Waals surface area contributed by atoms with E-state index in [9.17, 15) is 4.79 Å². The molecule has 0 aliphatic carbocycles. The van der Waals surface area contributed by atoms with Gasteiger partial charge in [0.2, 0.25) is 0 Å². The van der Waals surface area contributed by atoms with Gasteiger partial charge in [-0.3, -0.25) is 4.79 Å². The van der Waals surface area contributed by atoms with Crippen molar-refractivity contribution in [3.05, 3.63) is 23.0 Å². The zero-order valence-corrected chi connectivity index (χ0v) is 11.4. The van der Waals surface area contributed by atoms with Gasteiger partial charge in [0.1, 0.15) is 4.88 Å². The molecule has 2 aromatic rings. The Morgan fingerprint density at radius 2 is 2.21 bits per heavy atom. The second-order valence-electron chi connectivity index (χ2n) is 4.59. The van der Waals surface area contributed by atoms with E-state index in [1.807, 2.05) is 22.7 Å². The van der Waals surface area contributed by atoms with Gasteiger partial charge in [0.05, 0.1) is 17.9 Å². The van der Waals surface area contributed by atoms with Gasteiger partial charge in [0.25, 0.3) is 5.91 Å². The van der Waals surface area contributed by atoms with Gasteiger partial charge < -0.3 is 4.90 Å². The van der Waals surface area contributed by atoms with Crippen molar-refractivity contribution in [1.82, 2.24) is 29.5 Å². The molecule has 0 bridgehead atoms. The number of rotatable bonds is 2.